The fraction of sp³-hybridized carbons (Fsp3) is 0.267. The van der Waals surface area contributed by atoms with E-state index in [1.807, 2.05) is 0 Å². The van der Waals surface area contributed by atoms with Crippen molar-refractivity contribution >= 4 is 39.3 Å². The zero-order chi connectivity index (χ0) is 18.0. The molecule has 0 radical (unpaired) electrons. The van der Waals surface area contributed by atoms with Crippen LogP contribution in [0.5, 0.6) is 0 Å². The Balaban J connectivity index is 1.98. The van der Waals surface area contributed by atoms with E-state index in [0.717, 1.165) is 0 Å². The molecular formula is C15H15N5O4S. The van der Waals surface area contributed by atoms with Crippen LogP contribution in [-0.4, -0.2) is 50.1 Å². The molecule has 10 heteroatoms. The molecule has 0 spiro atoms. The molecule has 0 amide bonds. The Bertz CT molecular complexity index is 922. The molecule has 0 saturated carbocycles. The standard InChI is InChI=1S/C15H15N5O4S/c1-7-10-12(18-6-19-13(10)25-11(7)15(23)24-2)20-9(14(21)22)3-8-4-16-5-17-8/h4-6,9H,3H2,1-2H3,(H,16,17)(H,21,22)(H,18,19,20). The van der Waals surface area contributed by atoms with Crippen LogP contribution in [-0.2, 0) is 16.0 Å². The van der Waals surface area contributed by atoms with Gasteiger partial charge in [-0.05, 0) is 12.5 Å². The van der Waals surface area contributed by atoms with Crippen molar-refractivity contribution < 1.29 is 19.4 Å². The molecule has 0 fully saturated rings. The lowest BCUT2D eigenvalue weighted by atomic mass is 10.1. The lowest BCUT2D eigenvalue weighted by Gasteiger charge is -2.15. The number of carboxylic acid groups (broad SMARTS) is 1. The minimum absolute atomic E-state index is 0.202. The minimum atomic E-state index is -1.03. The number of H-pyrrole nitrogens is 1. The Kier molecular flexibility index (Phi) is 4.61. The zero-order valence-electron chi connectivity index (χ0n) is 13.4. The van der Waals surface area contributed by atoms with Gasteiger partial charge in [0.1, 0.15) is 27.9 Å². The van der Waals surface area contributed by atoms with E-state index in [0.29, 0.717) is 32.2 Å². The number of methoxy groups -OCH3 is 1. The fourth-order valence-electron chi connectivity index (χ4n) is 2.45. The van der Waals surface area contributed by atoms with E-state index in [9.17, 15) is 14.7 Å². The van der Waals surface area contributed by atoms with Gasteiger partial charge in [-0.15, -0.1) is 11.3 Å². The quantitative estimate of drug-likeness (QED) is 0.565. The smallest absolute Gasteiger partial charge is 0.348 e. The molecule has 3 N–H and O–H groups in total. The van der Waals surface area contributed by atoms with Gasteiger partial charge in [0.05, 0.1) is 18.8 Å². The molecule has 1 unspecified atom stereocenters. The van der Waals surface area contributed by atoms with Gasteiger partial charge < -0.3 is 20.1 Å². The number of imidazole rings is 1. The third-order valence-electron chi connectivity index (χ3n) is 3.69. The van der Waals surface area contributed by atoms with Crippen molar-refractivity contribution in [1.29, 1.82) is 0 Å². The maximum Gasteiger partial charge on any atom is 0.348 e. The number of anilines is 1. The van der Waals surface area contributed by atoms with Crippen LogP contribution in [0, 0.1) is 6.92 Å². The number of nitrogens with zero attached hydrogens (tertiary/aromatic N) is 3. The highest BCUT2D eigenvalue weighted by molar-refractivity contribution is 7.20. The second-order valence-electron chi connectivity index (χ2n) is 5.27. The first-order valence-corrected chi connectivity index (χ1v) is 8.12. The maximum absolute atomic E-state index is 11.9. The van der Waals surface area contributed by atoms with Gasteiger partial charge in [-0.3, -0.25) is 0 Å². The summed E-state index contributed by atoms with van der Waals surface area (Å²) >= 11 is 1.18. The highest BCUT2D eigenvalue weighted by Crippen LogP contribution is 2.33. The number of aromatic nitrogens is 4. The normalized spacial score (nSPS) is 12.1. The summed E-state index contributed by atoms with van der Waals surface area (Å²) in [5.41, 5.74) is 1.34. The van der Waals surface area contributed by atoms with Crippen molar-refractivity contribution in [3.05, 3.63) is 35.0 Å². The Morgan fingerprint density at radius 2 is 2.24 bits per heavy atom. The average molecular weight is 361 g/mol. The van der Waals surface area contributed by atoms with Crippen LogP contribution in [0.25, 0.3) is 10.2 Å². The van der Waals surface area contributed by atoms with Crippen molar-refractivity contribution in [2.45, 2.75) is 19.4 Å². The number of carbonyl (C=O) groups is 2. The predicted octanol–water partition coefficient (Wildman–Crippen LogP) is 1.62. The van der Waals surface area contributed by atoms with Crippen LogP contribution in [0.1, 0.15) is 20.9 Å². The first-order chi connectivity index (χ1) is 12.0. The Morgan fingerprint density at radius 1 is 1.44 bits per heavy atom. The highest BCUT2D eigenvalue weighted by Gasteiger charge is 2.24. The Hall–Kier alpha value is -3.01. The molecule has 3 aromatic rings. The third-order valence-corrected chi connectivity index (χ3v) is 4.87. The number of ether oxygens (including phenoxy) is 1. The van der Waals surface area contributed by atoms with Crippen LogP contribution in [0.2, 0.25) is 0 Å². The van der Waals surface area contributed by atoms with Crippen molar-refractivity contribution in [2.24, 2.45) is 0 Å². The number of rotatable bonds is 6. The van der Waals surface area contributed by atoms with Gasteiger partial charge in [0.15, 0.2) is 0 Å². The highest BCUT2D eigenvalue weighted by atomic mass is 32.1. The van der Waals surface area contributed by atoms with Crippen molar-refractivity contribution in [2.75, 3.05) is 12.4 Å². The molecule has 0 aromatic carbocycles. The van der Waals surface area contributed by atoms with Gasteiger partial charge in [-0.2, -0.15) is 0 Å². The van der Waals surface area contributed by atoms with E-state index in [1.54, 1.807) is 13.1 Å². The van der Waals surface area contributed by atoms with Crippen molar-refractivity contribution in [1.82, 2.24) is 19.9 Å². The van der Waals surface area contributed by atoms with Gasteiger partial charge >= 0.3 is 11.9 Å². The molecule has 0 aliphatic rings. The summed E-state index contributed by atoms with van der Waals surface area (Å²) in [5.74, 6) is -1.12. The summed E-state index contributed by atoms with van der Waals surface area (Å²) in [7, 11) is 1.31. The molecular weight excluding hydrogens is 346 g/mol. The number of aliphatic carboxylic acids is 1. The van der Waals surface area contributed by atoms with Crippen LogP contribution in [0.4, 0.5) is 5.82 Å². The first kappa shape index (κ1) is 16.8. The lowest BCUT2D eigenvalue weighted by molar-refractivity contribution is -0.137. The largest absolute Gasteiger partial charge is 0.480 e. The molecule has 0 aliphatic carbocycles. The molecule has 0 bridgehead atoms. The van der Waals surface area contributed by atoms with E-state index < -0.39 is 18.0 Å². The second-order valence-corrected chi connectivity index (χ2v) is 6.27. The van der Waals surface area contributed by atoms with Crippen molar-refractivity contribution in [3.8, 4) is 0 Å². The van der Waals surface area contributed by atoms with Crippen LogP contribution in [0.15, 0.2) is 18.9 Å². The summed E-state index contributed by atoms with van der Waals surface area (Å²) in [5, 5.41) is 13.0. The van der Waals surface area contributed by atoms with E-state index in [1.165, 1.54) is 31.1 Å². The van der Waals surface area contributed by atoms with Crippen LogP contribution < -0.4 is 5.32 Å². The van der Waals surface area contributed by atoms with Gasteiger partial charge in [0.2, 0.25) is 0 Å². The van der Waals surface area contributed by atoms with Gasteiger partial charge in [0.25, 0.3) is 0 Å². The monoisotopic (exact) mass is 361 g/mol. The number of nitrogens with one attached hydrogen (secondary N) is 2. The Labute approximate surface area is 146 Å². The van der Waals surface area contributed by atoms with E-state index >= 15 is 0 Å². The molecule has 0 saturated heterocycles. The summed E-state index contributed by atoms with van der Waals surface area (Å²) in [6.45, 7) is 1.75. The molecule has 130 valence electrons. The maximum atomic E-state index is 11.9. The molecule has 3 rings (SSSR count). The third kappa shape index (κ3) is 3.29. The SMILES string of the molecule is COC(=O)c1sc2ncnc(NC(Cc3cnc[nH]3)C(=O)O)c2c1C. The number of thiophene rings is 1. The number of esters is 1. The number of fused-ring (bicyclic) bond motifs is 1. The number of carbonyl (C=O) groups excluding carboxylic acids is 1. The summed E-state index contributed by atoms with van der Waals surface area (Å²) < 4.78 is 4.77. The molecule has 25 heavy (non-hydrogen) atoms. The first-order valence-electron chi connectivity index (χ1n) is 7.30. The lowest BCUT2D eigenvalue weighted by Crippen LogP contribution is -2.32. The molecule has 3 aromatic heterocycles. The number of hydrogen-bond donors (Lipinski definition) is 3. The molecule has 0 aliphatic heterocycles. The zero-order valence-corrected chi connectivity index (χ0v) is 14.3. The number of aryl methyl sites for hydroxylation is 1. The summed E-state index contributed by atoms with van der Waals surface area (Å²) in [4.78, 5) is 39.6. The van der Waals surface area contributed by atoms with Gasteiger partial charge in [-0.1, -0.05) is 0 Å². The molecule has 1 atom stereocenters. The fourth-order valence-corrected chi connectivity index (χ4v) is 3.52. The molecule has 9 nitrogen and oxygen atoms in total. The number of aromatic amines is 1. The van der Waals surface area contributed by atoms with Crippen LogP contribution in [0.3, 0.4) is 0 Å². The molecule has 3 heterocycles. The minimum Gasteiger partial charge on any atom is -0.480 e. The van der Waals surface area contributed by atoms with E-state index in [-0.39, 0.29) is 6.42 Å². The number of hydrogen-bond acceptors (Lipinski definition) is 8. The van der Waals surface area contributed by atoms with Gasteiger partial charge in [-0.25, -0.2) is 24.5 Å². The topological polar surface area (TPSA) is 130 Å². The number of carboxylic acids is 1. The van der Waals surface area contributed by atoms with Crippen LogP contribution >= 0.6 is 11.3 Å². The predicted molar refractivity (Wildman–Crippen MR) is 90.8 cm³/mol. The second kappa shape index (κ2) is 6.85. The van der Waals surface area contributed by atoms with Crippen molar-refractivity contribution in [3.63, 3.8) is 0 Å². The summed E-state index contributed by atoms with van der Waals surface area (Å²) in [6.07, 6.45) is 4.59. The summed E-state index contributed by atoms with van der Waals surface area (Å²) in [6, 6.07) is -0.917. The average Bonchev–Trinajstić information content (AvgIpc) is 3.22. The van der Waals surface area contributed by atoms with E-state index in [2.05, 4.69) is 25.3 Å². The Morgan fingerprint density at radius 3 is 2.88 bits per heavy atom. The van der Waals surface area contributed by atoms with E-state index in [4.69, 9.17) is 4.74 Å². The van der Waals surface area contributed by atoms with Gasteiger partial charge in [0, 0.05) is 18.3 Å².